The lowest BCUT2D eigenvalue weighted by Crippen LogP contribution is -2.42. The normalized spacial score (nSPS) is 20.9. The van der Waals surface area contributed by atoms with Crippen LogP contribution in [0, 0.1) is 0 Å². The molecule has 1 aromatic heterocycles. The van der Waals surface area contributed by atoms with Gasteiger partial charge in [0.15, 0.2) is 0 Å². The van der Waals surface area contributed by atoms with Crippen LogP contribution in [0.5, 0.6) is 5.75 Å². The van der Waals surface area contributed by atoms with E-state index in [0.29, 0.717) is 37.8 Å². The van der Waals surface area contributed by atoms with Gasteiger partial charge in [0.1, 0.15) is 5.75 Å². The molecule has 7 nitrogen and oxygen atoms in total. The number of likely N-dealkylation sites (tertiary alicyclic amines) is 1. The first-order valence-corrected chi connectivity index (χ1v) is 10.0. The molecule has 0 aliphatic carbocycles. The van der Waals surface area contributed by atoms with Gasteiger partial charge in [0, 0.05) is 38.9 Å². The Morgan fingerprint density at radius 2 is 2.14 bits per heavy atom. The van der Waals surface area contributed by atoms with Crippen molar-refractivity contribution in [2.45, 2.75) is 38.2 Å². The molecule has 1 fully saturated rings. The van der Waals surface area contributed by atoms with Crippen molar-refractivity contribution in [1.29, 1.82) is 0 Å². The second-order valence-electron chi connectivity index (χ2n) is 8.59. The third-order valence-corrected chi connectivity index (χ3v) is 5.95. The van der Waals surface area contributed by atoms with Gasteiger partial charge in [-0.2, -0.15) is 0 Å². The van der Waals surface area contributed by atoms with Gasteiger partial charge in [-0.05, 0) is 24.0 Å². The minimum absolute atomic E-state index is 0.0889. The average molecular weight is 396 g/mol. The summed E-state index contributed by atoms with van der Waals surface area (Å²) in [6.45, 7) is 6.17. The molecule has 7 heteroatoms. The Morgan fingerprint density at radius 1 is 1.34 bits per heavy atom. The Labute approximate surface area is 171 Å². The Morgan fingerprint density at radius 3 is 2.86 bits per heavy atom. The monoisotopic (exact) mass is 396 g/mol. The summed E-state index contributed by atoms with van der Waals surface area (Å²) < 4.78 is 5.86. The predicted octanol–water partition coefficient (Wildman–Crippen LogP) is 2.69. The van der Waals surface area contributed by atoms with Gasteiger partial charge in [-0.3, -0.25) is 4.79 Å². The van der Waals surface area contributed by atoms with Gasteiger partial charge in [0.2, 0.25) is 5.95 Å². The van der Waals surface area contributed by atoms with Crippen molar-refractivity contribution in [3.05, 3.63) is 46.8 Å². The zero-order valence-corrected chi connectivity index (χ0v) is 17.5. The number of hydrogen-bond acceptors (Lipinski definition) is 6. The molecule has 0 bridgehead atoms. The van der Waals surface area contributed by atoms with Crippen LogP contribution in [-0.4, -0.2) is 59.7 Å². The van der Waals surface area contributed by atoms with E-state index in [0.717, 1.165) is 23.2 Å². The number of aromatic hydroxyl groups is 1. The first-order valence-electron chi connectivity index (χ1n) is 10.0. The maximum absolute atomic E-state index is 13.2. The first-order chi connectivity index (χ1) is 13.8. The van der Waals surface area contributed by atoms with Gasteiger partial charge in [-0.15, -0.1) is 0 Å². The number of phenolic OH excluding ortho intramolecular Hbond substituents is 1. The number of fused-ring (bicyclic) bond motifs is 2. The van der Waals surface area contributed by atoms with Gasteiger partial charge in [-0.25, -0.2) is 9.97 Å². The number of amides is 1. The highest BCUT2D eigenvalue weighted by Crippen LogP contribution is 2.40. The summed E-state index contributed by atoms with van der Waals surface area (Å²) >= 11 is 0. The topological polar surface area (TPSA) is 78.8 Å². The number of carbonyl (C=O) groups is 1. The van der Waals surface area contributed by atoms with E-state index in [-0.39, 0.29) is 23.0 Å². The van der Waals surface area contributed by atoms with Crippen LogP contribution in [0.1, 0.15) is 53.4 Å². The van der Waals surface area contributed by atoms with Crippen LogP contribution in [0.2, 0.25) is 0 Å². The minimum atomic E-state index is -0.331. The molecule has 1 aromatic carbocycles. The third-order valence-electron chi connectivity index (χ3n) is 5.95. The van der Waals surface area contributed by atoms with Crippen LogP contribution in [0.3, 0.4) is 0 Å². The van der Waals surface area contributed by atoms with E-state index >= 15 is 0 Å². The molecular formula is C22H28N4O3. The quantitative estimate of drug-likeness (QED) is 0.859. The van der Waals surface area contributed by atoms with Crippen molar-refractivity contribution in [3.63, 3.8) is 0 Å². The summed E-state index contributed by atoms with van der Waals surface area (Å²) in [6, 6.07) is 5.41. The van der Waals surface area contributed by atoms with E-state index in [1.165, 1.54) is 0 Å². The van der Waals surface area contributed by atoms with Crippen molar-refractivity contribution >= 4 is 11.9 Å². The van der Waals surface area contributed by atoms with Crippen molar-refractivity contribution in [2.24, 2.45) is 0 Å². The van der Waals surface area contributed by atoms with Crippen molar-refractivity contribution < 1.29 is 14.6 Å². The minimum Gasteiger partial charge on any atom is -0.507 e. The molecule has 1 N–H and O–H groups in total. The zero-order valence-electron chi connectivity index (χ0n) is 17.5. The summed E-state index contributed by atoms with van der Waals surface area (Å²) in [5.74, 6) is 0.756. The highest BCUT2D eigenvalue weighted by Gasteiger charge is 2.46. The Balaban J connectivity index is 1.65. The van der Waals surface area contributed by atoms with E-state index in [4.69, 9.17) is 9.72 Å². The van der Waals surface area contributed by atoms with E-state index in [2.05, 4.69) is 4.98 Å². The third kappa shape index (κ3) is 3.33. The van der Waals surface area contributed by atoms with Crippen molar-refractivity contribution in [2.75, 3.05) is 38.7 Å². The molecular weight excluding hydrogens is 368 g/mol. The smallest absolute Gasteiger partial charge is 0.257 e. The molecule has 4 rings (SSSR count). The number of aromatic nitrogens is 2. The number of rotatable bonds is 3. The fraction of sp³-hybridized carbons (Fsp3) is 0.500. The summed E-state index contributed by atoms with van der Waals surface area (Å²) in [5, 5.41) is 10.6. The molecule has 2 aliphatic heterocycles. The SMILES string of the molecule is CC(C)c1cccc(C(=O)N2CC[C@@]3(COCc4cnc(N(C)C)nc43)C2)c1O. The molecule has 29 heavy (non-hydrogen) atoms. The van der Waals surface area contributed by atoms with Crippen molar-refractivity contribution in [1.82, 2.24) is 14.9 Å². The average Bonchev–Trinajstić information content (AvgIpc) is 3.12. The molecule has 2 aliphatic rings. The number of para-hydroxylation sites is 1. The van der Waals surface area contributed by atoms with Crippen LogP contribution in [0.25, 0.3) is 0 Å². The van der Waals surface area contributed by atoms with Gasteiger partial charge < -0.3 is 19.6 Å². The fourth-order valence-electron chi connectivity index (χ4n) is 4.33. The lowest BCUT2D eigenvalue weighted by Gasteiger charge is -2.34. The van der Waals surface area contributed by atoms with Crippen LogP contribution >= 0.6 is 0 Å². The highest BCUT2D eigenvalue weighted by atomic mass is 16.5. The summed E-state index contributed by atoms with van der Waals surface area (Å²) in [5.41, 5.74) is 2.79. The lowest BCUT2D eigenvalue weighted by molar-refractivity contribution is 0.0484. The second kappa shape index (κ2) is 7.30. The van der Waals surface area contributed by atoms with Crippen LogP contribution in [0.15, 0.2) is 24.4 Å². The molecule has 1 saturated heterocycles. The van der Waals surface area contributed by atoms with Gasteiger partial charge in [0.25, 0.3) is 5.91 Å². The number of anilines is 1. The van der Waals surface area contributed by atoms with Gasteiger partial charge >= 0.3 is 0 Å². The molecule has 1 amide bonds. The standard InChI is InChI=1S/C22H28N4O3/c1-14(2)16-6-5-7-17(18(16)27)20(28)26-9-8-22(12-26)13-29-11-15-10-23-21(25(3)4)24-19(15)22/h5-7,10,14,27H,8-9,11-13H2,1-4H3/t22-/m0/s1. The maximum atomic E-state index is 13.2. The van der Waals surface area contributed by atoms with E-state index in [9.17, 15) is 9.90 Å². The Hall–Kier alpha value is -2.67. The lowest BCUT2D eigenvalue weighted by atomic mass is 9.80. The van der Waals surface area contributed by atoms with Crippen LogP contribution < -0.4 is 4.90 Å². The molecule has 0 radical (unpaired) electrons. The number of nitrogens with zero attached hydrogens (tertiary/aromatic N) is 4. The molecule has 1 atom stereocenters. The summed E-state index contributed by atoms with van der Waals surface area (Å²) in [7, 11) is 3.84. The highest BCUT2D eigenvalue weighted by molar-refractivity contribution is 5.97. The van der Waals surface area contributed by atoms with Crippen LogP contribution in [0.4, 0.5) is 5.95 Å². The Kier molecular flexibility index (Phi) is 4.94. The Bertz CT molecular complexity index is 944. The largest absolute Gasteiger partial charge is 0.507 e. The molecule has 1 spiro atoms. The number of carbonyl (C=O) groups excluding carboxylic acids is 1. The van der Waals surface area contributed by atoms with E-state index in [1.807, 2.05) is 56.1 Å². The van der Waals surface area contributed by atoms with Crippen LogP contribution in [-0.2, 0) is 16.8 Å². The van der Waals surface area contributed by atoms with Gasteiger partial charge in [0.05, 0.1) is 29.9 Å². The maximum Gasteiger partial charge on any atom is 0.257 e. The van der Waals surface area contributed by atoms with Crippen molar-refractivity contribution in [3.8, 4) is 5.75 Å². The molecule has 0 unspecified atom stereocenters. The number of hydrogen-bond donors (Lipinski definition) is 1. The van der Waals surface area contributed by atoms with E-state index < -0.39 is 0 Å². The molecule has 0 saturated carbocycles. The fourth-order valence-corrected chi connectivity index (χ4v) is 4.33. The number of ether oxygens (including phenoxy) is 1. The molecule has 2 aromatic rings. The summed E-state index contributed by atoms with van der Waals surface area (Å²) in [6.07, 6.45) is 2.61. The van der Waals surface area contributed by atoms with Gasteiger partial charge in [-0.1, -0.05) is 26.0 Å². The number of phenols is 1. The second-order valence-corrected chi connectivity index (χ2v) is 8.59. The summed E-state index contributed by atoms with van der Waals surface area (Å²) in [4.78, 5) is 26.2. The number of benzene rings is 1. The molecule has 154 valence electrons. The first kappa shape index (κ1) is 19.6. The predicted molar refractivity (Wildman–Crippen MR) is 110 cm³/mol. The van der Waals surface area contributed by atoms with E-state index in [1.54, 1.807) is 6.07 Å². The molecule has 3 heterocycles. The zero-order chi connectivity index (χ0) is 20.8.